The van der Waals surface area contributed by atoms with Gasteiger partial charge in [-0.15, -0.1) is 0 Å². The molecule has 1 fully saturated rings. The molecule has 0 N–H and O–H groups in total. The molecule has 0 unspecified atom stereocenters. The van der Waals surface area contributed by atoms with Gasteiger partial charge in [-0.3, -0.25) is 4.79 Å². The summed E-state index contributed by atoms with van der Waals surface area (Å²) in [7, 11) is 0. The molecule has 2 aliphatic heterocycles. The Hall–Kier alpha value is -1.97. The lowest BCUT2D eigenvalue weighted by atomic mass is 10.0. The van der Waals surface area contributed by atoms with Crippen molar-refractivity contribution >= 4 is 5.91 Å². The molecule has 4 heteroatoms. The number of hydrogen-bond donors (Lipinski definition) is 0. The van der Waals surface area contributed by atoms with Crippen molar-refractivity contribution in [1.82, 2.24) is 4.90 Å². The fraction of sp³-hybridized carbons (Fsp3) is 0.500. The Labute approximate surface area is 130 Å². The minimum atomic E-state index is 0.187. The minimum absolute atomic E-state index is 0.187. The number of benzene rings is 1. The fourth-order valence-electron chi connectivity index (χ4n) is 3.74. The molecule has 4 nitrogen and oxygen atoms in total. The maximum Gasteiger partial charge on any atom is 0.231 e. The molecule has 0 bridgehead atoms. The van der Waals surface area contributed by atoms with Gasteiger partial charge in [0.1, 0.15) is 0 Å². The Kier molecular flexibility index (Phi) is 3.53. The molecule has 1 amide bonds. The third-order valence-corrected chi connectivity index (χ3v) is 4.90. The number of carbonyl (C=O) groups is 1. The van der Waals surface area contributed by atoms with Gasteiger partial charge in [-0.25, -0.2) is 0 Å². The van der Waals surface area contributed by atoms with Crippen LogP contribution in [0.5, 0.6) is 11.5 Å². The summed E-state index contributed by atoms with van der Waals surface area (Å²) in [4.78, 5) is 14.7. The number of allylic oxidation sites excluding steroid dienone is 2. The summed E-state index contributed by atoms with van der Waals surface area (Å²) in [6.07, 6.45) is 9.38. The van der Waals surface area contributed by atoms with E-state index in [2.05, 4.69) is 23.1 Å². The van der Waals surface area contributed by atoms with Crippen molar-refractivity contribution < 1.29 is 14.3 Å². The van der Waals surface area contributed by atoms with Crippen LogP contribution in [0.4, 0.5) is 0 Å². The zero-order valence-electron chi connectivity index (χ0n) is 12.7. The molecule has 22 heavy (non-hydrogen) atoms. The number of rotatable bonds is 3. The van der Waals surface area contributed by atoms with E-state index in [1.807, 2.05) is 12.1 Å². The van der Waals surface area contributed by atoms with Gasteiger partial charge in [-0.2, -0.15) is 0 Å². The van der Waals surface area contributed by atoms with E-state index in [0.717, 1.165) is 49.3 Å². The molecule has 3 aliphatic rings. The van der Waals surface area contributed by atoms with E-state index >= 15 is 0 Å². The highest BCUT2D eigenvalue weighted by Crippen LogP contribution is 2.39. The van der Waals surface area contributed by atoms with Crippen molar-refractivity contribution in [3.8, 4) is 11.5 Å². The smallest absolute Gasteiger partial charge is 0.231 e. The quantitative estimate of drug-likeness (QED) is 0.803. The second-order valence-corrected chi connectivity index (χ2v) is 6.33. The SMILES string of the molecule is O=C(C[C@H]1C=CCC1)N1CCC[C@H]1c1ccc2c(c1)OCO2. The highest BCUT2D eigenvalue weighted by atomic mass is 16.7. The molecule has 2 atom stereocenters. The van der Waals surface area contributed by atoms with Crippen LogP contribution in [0.25, 0.3) is 0 Å². The molecule has 1 saturated heterocycles. The molecule has 0 saturated carbocycles. The first-order valence-corrected chi connectivity index (χ1v) is 8.17. The molecule has 1 aromatic rings. The predicted octanol–water partition coefficient (Wildman–Crippen LogP) is 3.44. The predicted molar refractivity (Wildman–Crippen MR) is 82.7 cm³/mol. The number of likely N-dealkylation sites (tertiary alicyclic amines) is 1. The first kappa shape index (κ1) is 13.7. The summed E-state index contributed by atoms with van der Waals surface area (Å²) in [6, 6.07) is 6.25. The van der Waals surface area contributed by atoms with E-state index in [1.165, 1.54) is 0 Å². The van der Waals surface area contributed by atoms with Gasteiger partial charge in [0, 0.05) is 13.0 Å². The van der Waals surface area contributed by atoms with Gasteiger partial charge in [-0.05, 0) is 49.3 Å². The van der Waals surface area contributed by atoms with Crippen LogP contribution in [0.3, 0.4) is 0 Å². The van der Waals surface area contributed by atoms with Crippen molar-refractivity contribution in [2.45, 2.75) is 38.1 Å². The Morgan fingerprint density at radius 2 is 2.14 bits per heavy atom. The van der Waals surface area contributed by atoms with Gasteiger partial charge in [0.25, 0.3) is 0 Å². The normalized spacial score (nSPS) is 25.9. The number of fused-ring (bicyclic) bond motifs is 1. The summed E-state index contributed by atoms with van der Waals surface area (Å²) >= 11 is 0. The van der Waals surface area contributed by atoms with Crippen molar-refractivity contribution in [2.75, 3.05) is 13.3 Å². The van der Waals surface area contributed by atoms with Crippen molar-refractivity contribution in [3.63, 3.8) is 0 Å². The molecule has 0 spiro atoms. The van der Waals surface area contributed by atoms with Crippen molar-refractivity contribution in [1.29, 1.82) is 0 Å². The molecule has 0 aromatic heterocycles. The number of ether oxygens (including phenoxy) is 2. The van der Waals surface area contributed by atoms with Crippen LogP contribution in [0.15, 0.2) is 30.4 Å². The van der Waals surface area contributed by atoms with Crippen LogP contribution >= 0.6 is 0 Å². The second kappa shape index (κ2) is 5.67. The number of amides is 1. The van der Waals surface area contributed by atoms with E-state index in [-0.39, 0.29) is 11.9 Å². The highest BCUT2D eigenvalue weighted by molar-refractivity contribution is 5.77. The van der Waals surface area contributed by atoms with Gasteiger partial charge in [-0.1, -0.05) is 18.2 Å². The third-order valence-electron chi connectivity index (χ3n) is 4.90. The van der Waals surface area contributed by atoms with Crippen LogP contribution in [0.1, 0.15) is 43.7 Å². The molecule has 4 rings (SSSR count). The monoisotopic (exact) mass is 299 g/mol. The van der Waals surface area contributed by atoms with Gasteiger partial charge < -0.3 is 14.4 Å². The van der Waals surface area contributed by atoms with Crippen LogP contribution in [-0.2, 0) is 4.79 Å². The van der Waals surface area contributed by atoms with Gasteiger partial charge in [0.15, 0.2) is 11.5 Å². The molecule has 1 aromatic carbocycles. The third kappa shape index (κ3) is 2.47. The summed E-state index contributed by atoms with van der Waals surface area (Å²) in [5, 5.41) is 0. The topological polar surface area (TPSA) is 38.8 Å². The zero-order valence-corrected chi connectivity index (χ0v) is 12.7. The van der Waals surface area contributed by atoms with E-state index in [4.69, 9.17) is 9.47 Å². The lowest BCUT2D eigenvalue weighted by Gasteiger charge is -2.26. The van der Waals surface area contributed by atoms with Gasteiger partial charge in [0.05, 0.1) is 6.04 Å². The molecule has 116 valence electrons. The molecular weight excluding hydrogens is 278 g/mol. The molecule has 2 heterocycles. The Morgan fingerprint density at radius 1 is 1.23 bits per heavy atom. The Bertz CT molecular complexity index is 610. The van der Waals surface area contributed by atoms with Gasteiger partial charge >= 0.3 is 0 Å². The molecule has 1 aliphatic carbocycles. The van der Waals surface area contributed by atoms with Gasteiger partial charge in [0.2, 0.25) is 12.7 Å². The van der Waals surface area contributed by atoms with Crippen molar-refractivity contribution in [2.24, 2.45) is 5.92 Å². The molecule has 0 radical (unpaired) electrons. The molecular formula is C18H21NO3. The first-order chi connectivity index (χ1) is 10.8. The maximum absolute atomic E-state index is 12.7. The average molecular weight is 299 g/mol. The zero-order chi connectivity index (χ0) is 14.9. The van der Waals surface area contributed by atoms with E-state index in [9.17, 15) is 4.79 Å². The Balaban J connectivity index is 1.50. The van der Waals surface area contributed by atoms with E-state index < -0.39 is 0 Å². The van der Waals surface area contributed by atoms with E-state index in [0.29, 0.717) is 19.1 Å². The summed E-state index contributed by atoms with van der Waals surface area (Å²) < 4.78 is 10.8. The summed E-state index contributed by atoms with van der Waals surface area (Å²) in [5.41, 5.74) is 1.16. The maximum atomic E-state index is 12.7. The lowest BCUT2D eigenvalue weighted by molar-refractivity contribution is -0.132. The highest BCUT2D eigenvalue weighted by Gasteiger charge is 2.31. The number of carbonyl (C=O) groups excluding carboxylic acids is 1. The van der Waals surface area contributed by atoms with Crippen LogP contribution in [0, 0.1) is 5.92 Å². The van der Waals surface area contributed by atoms with Crippen LogP contribution in [0.2, 0.25) is 0 Å². The standard InChI is InChI=1S/C18H21NO3/c20-18(10-13-4-1-2-5-13)19-9-3-6-15(19)14-7-8-16-17(11-14)22-12-21-16/h1,4,7-8,11,13,15H,2-3,5-6,9-10,12H2/t13-,15-/m0/s1. The van der Waals surface area contributed by atoms with Crippen LogP contribution < -0.4 is 9.47 Å². The number of nitrogens with zero attached hydrogens (tertiary/aromatic N) is 1. The lowest BCUT2D eigenvalue weighted by Crippen LogP contribution is -2.31. The van der Waals surface area contributed by atoms with E-state index in [1.54, 1.807) is 0 Å². The largest absolute Gasteiger partial charge is 0.454 e. The summed E-state index contributed by atoms with van der Waals surface area (Å²) in [6.45, 7) is 1.16. The second-order valence-electron chi connectivity index (χ2n) is 6.33. The number of hydrogen-bond acceptors (Lipinski definition) is 3. The minimum Gasteiger partial charge on any atom is -0.454 e. The first-order valence-electron chi connectivity index (χ1n) is 8.17. The fourth-order valence-corrected chi connectivity index (χ4v) is 3.74. The average Bonchev–Trinajstić information content (AvgIpc) is 3.27. The summed E-state index contributed by atoms with van der Waals surface area (Å²) in [5.74, 6) is 2.33. The Morgan fingerprint density at radius 3 is 3.00 bits per heavy atom. The van der Waals surface area contributed by atoms with Crippen LogP contribution in [-0.4, -0.2) is 24.1 Å². The van der Waals surface area contributed by atoms with Crippen molar-refractivity contribution in [3.05, 3.63) is 35.9 Å².